The van der Waals surface area contributed by atoms with Crippen LogP contribution in [-0.2, 0) is 102 Å². The summed E-state index contributed by atoms with van der Waals surface area (Å²) in [6, 6.07) is 0. The van der Waals surface area contributed by atoms with Crippen molar-refractivity contribution in [2.75, 3.05) is 79.3 Å². The van der Waals surface area contributed by atoms with E-state index < -0.39 is 71.4 Å². The maximum absolute atomic E-state index is 11.3. The standard InChI is InChI=1S/4C18H36O5.Zr/c4*1-5-9-12-21-16(8-4)18(15-17(19)20,22-13-10-6-2)23-14-11-7-3;/h4*16H,5-15H2,1-4H3,(H,19,20);/q;;;;+4/p-4. The van der Waals surface area contributed by atoms with Crippen molar-refractivity contribution in [3.05, 3.63) is 0 Å². The maximum Gasteiger partial charge on any atom is 4.00 e. The van der Waals surface area contributed by atoms with Gasteiger partial charge in [0, 0.05) is 76.0 Å². The molecule has 4 atom stereocenters. The van der Waals surface area contributed by atoms with Crippen LogP contribution in [-0.4, -0.2) is 151 Å². The first-order chi connectivity index (χ1) is 44.2. The topological polar surface area (TPSA) is 271 Å². The van der Waals surface area contributed by atoms with Gasteiger partial charge in [0.25, 0.3) is 0 Å². The Bertz CT molecular complexity index is 1370. The number of hydrogen-bond donors (Lipinski definition) is 0. The van der Waals surface area contributed by atoms with Crippen molar-refractivity contribution in [2.45, 2.75) is 364 Å². The zero-order valence-corrected chi connectivity index (χ0v) is 64.5. The van der Waals surface area contributed by atoms with Gasteiger partial charge in [0.15, 0.2) is 23.1 Å². The summed E-state index contributed by atoms with van der Waals surface area (Å²) in [5, 5.41) is 45.2. The van der Waals surface area contributed by atoms with Crippen molar-refractivity contribution in [3.63, 3.8) is 0 Å². The van der Waals surface area contributed by atoms with E-state index in [1.54, 1.807) is 0 Å². The van der Waals surface area contributed by atoms with Crippen molar-refractivity contribution in [1.82, 2.24) is 0 Å². The van der Waals surface area contributed by atoms with Crippen LogP contribution in [0.4, 0.5) is 0 Å². The Morgan fingerprint density at radius 3 is 0.452 bits per heavy atom. The van der Waals surface area contributed by atoms with Crippen molar-refractivity contribution >= 4 is 23.9 Å². The van der Waals surface area contributed by atoms with E-state index in [-0.39, 0.29) is 51.9 Å². The molecule has 0 saturated heterocycles. The molecule has 0 bridgehead atoms. The summed E-state index contributed by atoms with van der Waals surface area (Å²) < 4.78 is 71.2. The molecule has 0 heterocycles. The molecule has 0 spiro atoms. The van der Waals surface area contributed by atoms with Gasteiger partial charge in [-0.1, -0.05) is 188 Å². The van der Waals surface area contributed by atoms with Gasteiger partial charge in [0.05, 0.1) is 52.9 Å². The molecule has 21 heteroatoms. The number of hydrogen-bond acceptors (Lipinski definition) is 20. The second kappa shape index (κ2) is 68.8. The number of carbonyl (C=O) groups is 4. The average Bonchev–Trinajstić information content (AvgIpc) is 0.889. The second-order valence-corrected chi connectivity index (χ2v) is 23.5. The third-order valence-electron chi connectivity index (χ3n) is 15.0. The zero-order chi connectivity index (χ0) is 70.2. The first-order valence-corrected chi connectivity index (χ1v) is 36.6. The van der Waals surface area contributed by atoms with E-state index in [9.17, 15) is 39.6 Å². The fraction of sp³-hybridized carbons (Fsp3) is 0.944. The Morgan fingerprint density at radius 1 is 0.237 bits per heavy atom. The summed E-state index contributed by atoms with van der Waals surface area (Å²) in [5.74, 6) is -9.66. The number of carbonyl (C=O) groups excluding carboxylic acids is 4. The summed E-state index contributed by atoms with van der Waals surface area (Å²) in [4.78, 5) is 45.2. The molecule has 4 unspecified atom stereocenters. The van der Waals surface area contributed by atoms with Crippen LogP contribution in [0.25, 0.3) is 0 Å². The average molecular weight is 1420 g/mol. The molecular weight excluding hydrogens is 1280 g/mol. The van der Waals surface area contributed by atoms with Gasteiger partial charge in [-0.25, -0.2) is 0 Å². The monoisotopic (exact) mass is 1410 g/mol. The smallest absolute Gasteiger partial charge is 0.550 e. The van der Waals surface area contributed by atoms with Gasteiger partial charge in [-0.3, -0.25) is 0 Å². The molecule has 0 aromatic carbocycles. The van der Waals surface area contributed by atoms with E-state index in [1.807, 2.05) is 27.7 Å². The molecule has 93 heavy (non-hydrogen) atoms. The van der Waals surface area contributed by atoms with Crippen molar-refractivity contribution in [3.8, 4) is 0 Å². The molecule has 20 nitrogen and oxygen atoms in total. The van der Waals surface area contributed by atoms with E-state index in [1.165, 1.54) is 0 Å². The molecule has 0 aliphatic carbocycles. The molecule has 0 radical (unpaired) electrons. The zero-order valence-electron chi connectivity index (χ0n) is 62.1. The van der Waals surface area contributed by atoms with Crippen LogP contribution >= 0.6 is 0 Å². The first-order valence-electron chi connectivity index (χ1n) is 36.6. The molecule has 0 aromatic heterocycles. The summed E-state index contributed by atoms with van der Waals surface area (Å²) in [5.41, 5.74) is 0. The number of unbranched alkanes of at least 4 members (excludes halogenated alkanes) is 12. The van der Waals surface area contributed by atoms with E-state index >= 15 is 0 Å². The molecule has 0 saturated carbocycles. The maximum atomic E-state index is 11.3. The van der Waals surface area contributed by atoms with Gasteiger partial charge in [-0.2, -0.15) is 0 Å². The SMILES string of the molecule is CCCCOC(CC)C(CC(=O)[O-])(OCCCC)OCCCC.CCCCOC(CC)C(CC(=O)[O-])(OCCCC)OCCCC.CCCCOC(CC)C(CC(=O)[O-])(OCCCC)OCCCC.CCCCOC(CC)C(CC(=O)[O-])(OCCCC)OCCCC.[Zr+4]. The molecule has 0 fully saturated rings. The van der Waals surface area contributed by atoms with Crippen LogP contribution in [0.5, 0.6) is 0 Å². The first kappa shape index (κ1) is 99.9. The molecule has 0 aliphatic rings. The summed E-state index contributed by atoms with van der Waals surface area (Å²) >= 11 is 0. The molecule has 0 aromatic rings. The Balaban J connectivity index is -0.000000369. The second-order valence-electron chi connectivity index (χ2n) is 23.5. The third-order valence-corrected chi connectivity index (χ3v) is 15.0. The van der Waals surface area contributed by atoms with Crippen molar-refractivity contribution in [1.29, 1.82) is 0 Å². The van der Waals surface area contributed by atoms with Gasteiger partial charge >= 0.3 is 26.2 Å². The predicted molar refractivity (Wildman–Crippen MR) is 356 cm³/mol. The molecule has 0 amide bonds. The molecule has 552 valence electrons. The number of rotatable bonds is 64. The number of aliphatic carboxylic acids is 4. The molecule has 0 N–H and O–H groups in total. The van der Waals surface area contributed by atoms with E-state index in [2.05, 4.69) is 83.1 Å². The van der Waals surface area contributed by atoms with Crippen LogP contribution in [0, 0.1) is 0 Å². The summed E-state index contributed by atoms with van der Waals surface area (Å²) in [6.45, 7) is 38.8. The molecular formula is C72H140O20Zr. The van der Waals surface area contributed by atoms with Crippen LogP contribution in [0.15, 0.2) is 0 Å². The van der Waals surface area contributed by atoms with Crippen LogP contribution in [0.3, 0.4) is 0 Å². The van der Waals surface area contributed by atoms with Crippen molar-refractivity contribution in [2.24, 2.45) is 0 Å². The van der Waals surface area contributed by atoms with Crippen LogP contribution in [0.1, 0.15) is 316 Å². The third kappa shape index (κ3) is 50.3. The van der Waals surface area contributed by atoms with E-state index in [0.717, 1.165) is 154 Å². The quantitative estimate of drug-likeness (QED) is 0.0404. The summed E-state index contributed by atoms with van der Waals surface area (Å²) in [6.07, 6.45) is 22.2. The van der Waals surface area contributed by atoms with Gasteiger partial charge in [-0.15, -0.1) is 0 Å². The van der Waals surface area contributed by atoms with Gasteiger partial charge in [-0.05, 0) is 103 Å². The number of carboxylic acid groups (broad SMARTS) is 4. The van der Waals surface area contributed by atoms with Crippen LogP contribution < -0.4 is 20.4 Å². The minimum absolute atomic E-state index is 0. The van der Waals surface area contributed by atoms with Crippen molar-refractivity contribution < 1.29 is 123 Å². The Kier molecular flexibility index (Phi) is 73.9. The Morgan fingerprint density at radius 2 is 0.355 bits per heavy atom. The molecule has 0 rings (SSSR count). The predicted octanol–water partition coefficient (Wildman–Crippen LogP) is 12.2. The minimum Gasteiger partial charge on any atom is -0.550 e. The largest absolute Gasteiger partial charge is 4.00 e. The van der Waals surface area contributed by atoms with Gasteiger partial charge < -0.3 is 96.4 Å². The van der Waals surface area contributed by atoms with E-state index in [4.69, 9.17) is 56.8 Å². The minimum atomic E-state index is -1.24. The Labute approximate surface area is 586 Å². The fourth-order valence-corrected chi connectivity index (χ4v) is 9.40. The van der Waals surface area contributed by atoms with E-state index in [0.29, 0.717) is 105 Å². The fourth-order valence-electron chi connectivity index (χ4n) is 9.40. The number of carboxylic acids is 4. The molecule has 0 aliphatic heterocycles. The Hall–Kier alpha value is -1.72. The van der Waals surface area contributed by atoms with Crippen LogP contribution in [0.2, 0.25) is 0 Å². The number of ether oxygens (including phenoxy) is 12. The van der Waals surface area contributed by atoms with Gasteiger partial charge in [0.2, 0.25) is 0 Å². The van der Waals surface area contributed by atoms with Gasteiger partial charge in [0.1, 0.15) is 24.4 Å². The summed E-state index contributed by atoms with van der Waals surface area (Å²) in [7, 11) is 0. The normalized spacial score (nSPS) is 13.1.